The van der Waals surface area contributed by atoms with E-state index in [-0.39, 0.29) is 22.6 Å². The highest BCUT2D eigenvalue weighted by Gasteiger charge is 2.13. The predicted octanol–water partition coefficient (Wildman–Crippen LogP) is 3.97. The minimum Gasteiger partial charge on any atom is -0.306 e. The van der Waals surface area contributed by atoms with Gasteiger partial charge in [0.05, 0.1) is 4.47 Å². The summed E-state index contributed by atoms with van der Waals surface area (Å²) in [6.45, 7) is 2.06. The van der Waals surface area contributed by atoms with Gasteiger partial charge in [0.25, 0.3) is 0 Å². The lowest BCUT2D eigenvalue weighted by molar-refractivity contribution is 0.506. The van der Waals surface area contributed by atoms with Gasteiger partial charge in [0.2, 0.25) is 0 Å². The third-order valence-corrected chi connectivity index (χ3v) is 3.54. The number of hydrogen-bond donors (Lipinski definition) is 1. The van der Waals surface area contributed by atoms with Gasteiger partial charge in [-0.25, -0.2) is 8.78 Å². The van der Waals surface area contributed by atoms with Crippen molar-refractivity contribution < 1.29 is 8.78 Å². The average molecular weight is 327 g/mol. The lowest BCUT2D eigenvalue weighted by Crippen LogP contribution is -2.19. The average Bonchev–Trinajstić information content (AvgIpc) is 2.44. The molecule has 0 unspecified atom stereocenters. The zero-order valence-electron chi connectivity index (χ0n) is 10.3. The van der Waals surface area contributed by atoms with Crippen LogP contribution >= 0.6 is 15.9 Å². The maximum atomic E-state index is 13.8. The molecule has 0 spiro atoms. The van der Waals surface area contributed by atoms with E-state index >= 15 is 0 Å². The maximum absolute atomic E-state index is 13.8. The molecule has 1 heterocycles. The Bertz CT molecular complexity index is 561. The van der Waals surface area contributed by atoms with Crippen LogP contribution in [-0.4, -0.2) is 4.98 Å². The maximum Gasteiger partial charge on any atom is 0.144 e. The van der Waals surface area contributed by atoms with Gasteiger partial charge in [0.15, 0.2) is 0 Å². The van der Waals surface area contributed by atoms with E-state index in [1.54, 1.807) is 12.4 Å². The van der Waals surface area contributed by atoms with E-state index in [9.17, 15) is 8.78 Å². The monoisotopic (exact) mass is 326 g/mol. The summed E-state index contributed by atoms with van der Waals surface area (Å²) >= 11 is 3.05. The summed E-state index contributed by atoms with van der Waals surface area (Å²) in [5.74, 6) is -1.11. The molecule has 0 aliphatic rings. The molecule has 2 aromatic rings. The number of nitrogens with zero attached hydrogens (tertiary/aromatic N) is 1. The van der Waals surface area contributed by atoms with Crippen molar-refractivity contribution >= 4 is 15.9 Å². The van der Waals surface area contributed by atoms with E-state index in [4.69, 9.17) is 0 Å². The fourth-order valence-electron chi connectivity index (χ4n) is 1.76. The third-order valence-electron chi connectivity index (χ3n) is 2.93. The van der Waals surface area contributed by atoms with Crippen molar-refractivity contribution in [3.63, 3.8) is 0 Å². The van der Waals surface area contributed by atoms with Gasteiger partial charge in [0, 0.05) is 30.5 Å². The molecule has 0 aliphatic heterocycles. The number of hydrogen-bond acceptors (Lipinski definition) is 2. The fraction of sp³-hybridized carbons (Fsp3) is 0.214. The predicted molar refractivity (Wildman–Crippen MR) is 73.5 cm³/mol. The van der Waals surface area contributed by atoms with Gasteiger partial charge in [-0.1, -0.05) is 0 Å². The van der Waals surface area contributed by atoms with Crippen LogP contribution in [0.2, 0.25) is 0 Å². The van der Waals surface area contributed by atoms with E-state index in [0.29, 0.717) is 0 Å². The second kappa shape index (κ2) is 6.21. The molecule has 2 rings (SSSR count). The van der Waals surface area contributed by atoms with Crippen molar-refractivity contribution in [1.82, 2.24) is 10.3 Å². The molecule has 2 nitrogen and oxygen atoms in total. The molecule has 0 saturated heterocycles. The molecule has 0 saturated carbocycles. The Kier molecular flexibility index (Phi) is 4.61. The summed E-state index contributed by atoms with van der Waals surface area (Å²) < 4.78 is 27.6. The molecular formula is C14H13BrF2N2. The Balaban J connectivity index is 2.09. The molecule has 1 N–H and O–H groups in total. The van der Waals surface area contributed by atoms with E-state index in [1.807, 2.05) is 19.1 Å². The van der Waals surface area contributed by atoms with Crippen molar-refractivity contribution in [2.45, 2.75) is 19.5 Å². The Labute approximate surface area is 119 Å². The van der Waals surface area contributed by atoms with Crippen LogP contribution in [0.5, 0.6) is 0 Å². The highest BCUT2D eigenvalue weighted by molar-refractivity contribution is 9.10. The molecule has 1 aromatic heterocycles. The number of rotatable bonds is 4. The molecule has 5 heteroatoms. The second-order valence-electron chi connectivity index (χ2n) is 4.20. The van der Waals surface area contributed by atoms with E-state index in [2.05, 4.69) is 26.2 Å². The van der Waals surface area contributed by atoms with Crippen LogP contribution in [0.1, 0.15) is 24.1 Å². The first kappa shape index (κ1) is 14.1. The van der Waals surface area contributed by atoms with Crippen LogP contribution in [-0.2, 0) is 6.54 Å². The largest absolute Gasteiger partial charge is 0.306 e. The fourth-order valence-corrected chi connectivity index (χ4v) is 2.13. The third kappa shape index (κ3) is 3.36. The Morgan fingerprint density at radius 3 is 2.58 bits per heavy atom. The summed E-state index contributed by atoms with van der Waals surface area (Å²) in [4.78, 5) is 3.93. The van der Waals surface area contributed by atoms with Crippen LogP contribution in [0.4, 0.5) is 8.78 Å². The Morgan fingerprint density at radius 2 is 1.89 bits per heavy atom. The van der Waals surface area contributed by atoms with Gasteiger partial charge in [-0.15, -0.1) is 0 Å². The zero-order chi connectivity index (χ0) is 13.8. The number of aromatic nitrogens is 1. The van der Waals surface area contributed by atoms with Gasteiger partial charge in [-0.3, -0.25) is 4.98 Å². The van der Waals surface area contributed by atoms with Crippen LogP contribution in [0, 0.1) is 11.6 Å². The first-order valence-corrected chi connectivity index (χ1v) is 6.64. The van der Waals surface area contributed by atoms with Gasteiger partial charge >= 0.3 is 0 Å². The first-order valence-electron chi connectivity index (χ1n) is 5.85. The van der Waals surface area contributed by atoms with Gasteiger partial charge < -0.3 is 5.32 Å². The zero-order valence-corrected chi connectivity index (χ0v) is 11.9. The Morgan fingerprint density at radius 1 is 1.21 bits per heavy atom. The minimum atomic E-state index is -0.561. The summed E-state index contributed by atoms with van der Waals surface area (Å²) in [6.07, 6.45) is 3.38. The molecular weight excluding hydrogens is 314 g/mol. The van der Waals surface area contributed by atoms with Crippen LogP contribution in [0.25, 0.3) is 0 Å². The quantitative estimate of drug-likeness (QED) is 0.860. The van der Waals surface area contributed by atoms with Crippen molar-refractivity contribution in [3.05, 3.63) is 63.9 Å². The van der Waals surface area contributed by atoms with E-state index < -0.39 is 11.6 Å². The molecule has 0 fully saturated rings. The lowest BCUT2D eigenvalue weighted by Gasteiger charge is -2.15. The first-order chi connectivity index (χ1) is 9.09. The van der Waals surface area contributed by atoms with Crippen LogP contribution in [0.15, 0.2) is 41.1 Å². The van der Waals surface area contributed by atoms with Gasteiger partial charge in [0.1, 0.15) is 11.6 Å². The summed E-state index contributed by atoms with van der Waals surface area (Å²) in [7, 11) is 0. The van der Waals surface area contributed by atoms with Crippen molar-refractivity contribution in [2.75, 3.05) is 0 Å². The summed E-state index contributed by atoms with van der Waals surface area (Å²) in [5, 5.41) is 3.10. The molecule has 0 aliphatic carbocycles. The topological polar surface area (TPSA) is 24.9 Å². The molecule has 19 heavy (non-hydrogen) atoms. The lowest BCUT2D eigenvalue weighted by atomic mass is 10.1. The summed E-state index contributed by atoms with van der Waals surface area (Å²) in [5.41, 5.74) is 1.06. The SMILES string of the molecule is C[C@H](NCc1c(F)ccc(Br)c1F)c1ccncc1. The molecule has 0 radical (unpaired) electrons. The minimum absolute atomic E-state index is 0.0132. The molecule has 0 amide bonds. The van der Waals surface area contributed by atoms with Crippen molar-refractivity contribution in [1.29, 1.82) is 0 Å². The van der Waals surface area contributed by atoms with E-state index in [1.165, 1.54) is 12.1 Å². The van der Waals surface area contributed by atoms with Crippen molar-refractivity contribution in [2.24, 2.45) is 0 Å². The van der Waals surface area contributed by atoms with E-state index in [0.717, 1.165) is 5.56 Å². The molecule has 1 aromatic carbocycles. The smallest absolute Gasteiger partial charge is 0.144 e. The second-order valence-corrected chi connectivity index (χ2v) is 5.06. The Hall–Kier alpha value is -1.33. The molecule has 100 valence electrons. The number of halogens is 3. The highest BCUT2D eigenvalue weighted by Crippen LogP contribution is 2.22. The van der Waals surface area contributed by atoms with Gasteiger partial charge in [-0.05, 0) is 52.7 Å². The molecule has 0 bridgehead atoms. The van der Waals surface area contributed by atoms with Crippen molar-refractivity contribution in [3.8, 4) is 0 Å². The van der Waals surface area contributed by atoms with Gasteiger partial charge in [-0.2, -0.15) is 0 Å². The summed E-state index contributed by atoms with van der Waals surface area (Å²) in [6, 6.07) is 6.33. The number of pyridine rings is 1. The van der Waals surface area contributed by atoms with Crippen LogP contribution < -0.4 is 5.32 Å². The number of nitrogens with one attached hydrogen (secondary N) is 1. The normalized spacial score (nSPS) is 12.4. The van der Waals surface area contributed by atoms with Crippen LogP contribution in [0.3, 0.4) is 0 Å². The highest BCUT2D eigenvalue weighted by atomic mass is 79.9. The standard InChI is InChI=1S/C14H13BrF2N2/c1-9(10-4-6-18-7-5-10)19-8-11-13(16)3-2-12(15)14(11)17/h2-7,9,19H,8H2,1H3/t9-/m0/s1. The molecule has 1 atom stereocenters. The number of benzene rings is 1.